The summed E-state index contributed by atoms with van der Waals surface area (Å²) in [4.78, 5) is 12.7. The number of alkyl halides is 1. The zero-order valence-corrected chi connectivity index (χ0v) is 14.3. The summed E-state index contributed by atoms with van der Waals surface area (Å²) in [6.45, 7) is 6.70. The fourth-order valence-electron chi connectivity index (χ4n) is 2.43. The molecule has 1 atom stereocenters. The summed E-state index contributed by atoms with van der Waals surface area (Å²) in [7, 11) is 0. The van der Waals surface area contributed by atoms with E-state index in [1.54, 1.807) is 0 Å². The van der Waals surface area contributed by atoms with Crippen LogP contribution in [0.5, 0.6) is 0 Å². The van der Waals surface area contributed by atoms with Crippen molar-refractivity contribution in [1.29, 1.82) is 0 Å². The van der Waals surface area contributed by atoms with Gasteiger partial charge in [-0.05, 0) is 26.3 Å². The van der Waals surface area contributed by atoms with Gasteiger partial charge in [-0.2, -0.15) is 0 Å². The number of benzene rings is 1. The summed E-state index contributed by atoms with van der Waals surface area (Å²) in [5.74, 6) is -0.992. The molecule has 21 heavy (non-hydrogen) atoms. The molecular weight excluding hydrogens is 334 g/mol. The number of ether oxygens (including phenoxy) is 2. The van der Waals surface area contributed by atoms with Gasteiger partial charge in [-0.3, -0.25) is 4.79 Å². The molecule has 1 heterocycles. The molecule has 0 radical (unpaired) electrons. The van der Waals surface area contributed by atoms with Crippen LogP contribution in [0.15, 0.2) is 30.3 Å². The molecular formula is C16H22BrNO3. The SMILES string of the molecule is C[C@@H](NC(=O)C(C)(C)C1(CBr)OCCO1)c1ccccc1. The van der Waals surface area contributed by atoms with Crippen molar-refractivity contribution in [2.24, 2.45) is 5.41 Å². The summed E-state index contributed by atoms with van der Waals surface area (Å²) >= 11 is 3.42. The highest BCUT2D eigenvalue weighted by Crippen LogP contribution is 2.40. The fraction of sp³-hybridized carbons (Fsp3) is 0.562. The van der Waals surface area contributed by atoms with E-state index in [1.807, 2.05) is 51.1 Å². The summed E-state index contributed by atoms with van der Waals surface area (Å²) in [6, 6.07) is 9.83. The van der Waals surface area contributed by atoms with E-state index in [2.05, 4.69) is 21.2 Å². The minimum atomic E-state index is -0.909. The Bertz CT molecular complexity index is 484. The van der Waals surface area contributed by atoms with E-state index in [0.717, 1.165) is 5.56 Å². The number of carbonyl (C=O) groups excluding carboxylic acids is 1. The molecule has 116 valence electrons. The molecule has 0 aromatic heterocycles. The molecule has 0 aliphatic carbocycles. The number of hydrogen-bond acceptors (Lipinski definition) is 3. The van der Waals surface area contributed by atoms with Gasteiger partial charge in [-0.1, -0.05) is 46.3 Å². The average Bonchev–Trinajstić information content (AvgIpc) is 2.98. The Hall–Kier alpha value is -0.910. The molecule has 0 unspecified atom stereocenters. The third-order valence-electron chi connectivity index (χ3n) is 4.10. The van der Waals surface area contributed by atoms with Crippen LogP contribution in [0, 0.1) is 5.41 Å². The summed E-state index contributed by atoms with van der Waals surface area (Å²) in [6.07, 6.45) is 0. The zero-order chi connectivity index (χ0) is 15.5. The minimum absolute atomic E-state index is 0.0632. The van der Waals surface area contributed by atoms with Crippen LogP contribution >= 0.6 is 15.9 Å². The van der Waals surface area contributed by atoms with E-state index in [0.29, 0.717) is 18.5 Å². The number of carbonyl (C=O) groups is 1. The Morgan fingerprint density at radius 1 is 1.33 bits per heavy atom. The predicted octanol–water partition coefficient (Wildman–Crippen LogP) is 3.03. The molecule has 1 amide bonds. The van der Waals surface area contributed by atoms with E-state index >= 15 is 0 Å². The van der Waals surface area contributed by atoms with Gasteiger partial charge in [-0.15, -0.1) is 0 Å². The average molecular weight is 356 g/mol. The predicted molar refractivity (Wildman–Crippen MR) is 85.2 cm³/mol. The van der Waals surface area contributed by atoms with Gasteiger partial charge in [0.2, 0.25) is 5.91 Å². The second-order valence-corrected chi connectivity index (χ2v) is 6.38. The molecule has 2 rings (SSSR count). The molecule has 0 bridgehead atoms. The topological polar surface area (TPSA) is 47.6 Å². The van der Waals surface area contributed by atoms with Crippen LogP contribution < -0.4 is 5.32 Å². The number of amides is 1. The Balaban J connectivity index is 2.11. The van der Waals surface area contributed by atoms with Crippen LogP contribution in [0.25, 0.3) is 0 Å². The summed E-state index contributed by atoms with van der Waals surface area (Å²) in [5, 5.41) is 3.51. The lowest BCUT2D eigenvalue weighted by atomic mass is 9.82. The lowest BCUT2D eigenvalue weighted by molar-refractivity contribution is -0.210. The van der Waals surface area contributed by atoms with Crippen LogP contribution in [-0.2, 0) is 14.3 Å². The van der Waals surface area contributed by atoms with E-state index in [4.69, 9.17) is 9.47 Å². The standard InChI is InChI=1S/C16H22BrNO3/c1-12(13-7-5-4-6-8-13)18-14(19)15(2,3)16(11-17)20-9-10-21-16/h4-8,12H,9-11H2,1-3H3,(H,18,19)/t12-/m1/s1. The number of halogens is 1. The number of rotatable bonds is 5. The molecule has 0 spiro atoms. The Morgan fingerprint density at radius 3 is 2.43 bits per heavy atom. The van der Waals surface area contributed by atoms with Gasteiger partial charge in [0.25, 0.3) is 0 Å². The molecule has 1 N–H and O–H groups in total. The summed E-state index contributed by atoms with van der Waals surface area (Å²) < 4.78 is 11.5. The van der Waals surface area contributed by atoms with Crippen LogP contribution in [-0.4, -0.2) is 30.2 Å². The number of nitrogens with one attached hydrogen (secondary N) is 1. The highest BCUT2D eigenvalue weighted by molar-refractivity contribution is 9.09. The van der Waals surface area contributed by atoms with E-state index in [9.17, 15) is 4.79 Å². The van der Waals surface area contributed by atoms with Gasteiger partial charge in [0.1, 0.15) is 0 Å². The van der Waals surface area contributed by atoms with Gasteiger partial charge in [0.05, 0.1) is 30.0 Å². The van der Waals surface area contributed by atoms with Crippen LogP contribution in [0.4, 0.5) is 0 Å². The monoisotopic (exact) mass is 355 g/mol. The maximum Gasteiger partial charge on any atom is 0.231 e. The molecule has 1 aliphatic heterocycles. The third kappa shape index (κ3) is 3.15. The van der Waals surface area contributed by atoms with Gasteiger partial charge >= 0.3 is 0 Å². The minimum Gasteiger partial charge on any atom is -0.349 e. The summed E-state index contributed by atoms with van der Waals surface area (Å²) in [5.41, 5.74) is 0.276. The lowest BCUT2D eigenvalue weighted by Gasteiger charge is -2.40. The second kappa shape index (κ2) is 6.46. The Labute approximate surface area is 134 Å². The van der Waals surface area contributed by atoms with Gasteiger partial charge in [0.15, 0.2) is 5.79 Å². The fourth-order valence-corrected chi connectivity index (χ4v) is 3.46. The second-order valence-electron chi connectivity index (χ2n) is 5.81. The molecule has 1 fully saturated rings. The van der Waals surface area contributed by atoms with Crippen LogP contribution in [0.1, 0.15) is 32.4 Å². The Morgan fingerprint density at radius 2 is 1.90 bits per heavy atom. The van der Waals surface area contributed by atoms with E-state index < -0.39 is 11.2 Å². The first kappa shape index (κ1) is 16.5. The van der Waals surface area contributed by atoms with Gasteiger partial charge in [0, 0.05) is 0 Å². The highest BCUT2D eigenvalue weighted by Gasteiger charge is 2.54. The molecule has 1 aromatic rings. The first-order chi connectivity index (χ1) is 9.93. The molecule has 1 saturated heterocycles. The van der Waals surface area contributed by atoms with Gasteiger partial charge < -0.3 is 14.8 Å². The van der Waals surface area contributed by atoms with E-state index in [1.165, 1.54) is 0 Å². The molecule has 1 aromatic carbocycles. The smallest absolute Gasteiger partial charge is 0.231 e. The number of hydrogen-bond donors (Lipinski definition) is 1. The van der Waals surface area contributed by atoms with Crippen molar-refractivity contribution < 1.29 is 14.3 Å². The normalized spacial score (nSPS) is 19.2. The maximum absolute atomic E-state index is 12.7. The lowest BCUT2D eigenvalue weighted by Crippen LogP contribution is -2.56. The molecule has 1 aliphatic rings. The molecule has 0 saturated carbocycles. The van der Waals surface area contributed by atoms with Crippen molar-refractivity contribution in [2.75, 3.05) is 18.5 Å². The first-order valence-electron chi connectivity index (χ1n) is 7.13. The first-order valence-corrected chi connectivity index (χ1v) is 8.25. The molecule has 5 heteroatoms. The van der Waals surface area contributed by atoms with Crippen molar-refractivity contribution in [3.05, 3.63) is 35.9 Å². The third-order valence-corrected chi connectivity index (χ3v) is 4.83. The quantitative estimate of drug-likeness (QED) is 0.825. The maximum atomic E-state index is 12.7. The van der Waals surface area contributed by atoms with Crippen molar-refractivity contribution in [3.63, 3.8) is 0 Å². The van der Waals surface area contributed by atoms with Crippen molar-refractivity contribution in [2.45, 2.75) is 32.6 Å². The Kier molecular flexibility index (Phi) is 5.07. The van der Waals surface area contributed by atoms with Crippen molar-refractivity contribution >= 4 is 21.8 Å². The van der Waals surface area contributed by atoms with E-state index in [-0.39, 0.29) is 11.9 Å². The van der Waals surface area contributed by atoms with Crippen LogP contribution in [0.3, 0.4) is 0 Å². The largest absolute Gasteiger partial charge is 0.349 e. The van der Waals surface area contributed by atoms with Crippen molar-refractivity contribution in [3.8, 4) is 0 Å². The zero-order valence-electron chi connectivity index (χ0n) is 12.7. The van der Waals surface area contributed by atoms with Crippen molar-refractivity contribution in [1.82, 2.24) is 5.32 Å². The van der Waals surface area contributed by atoms with Crippen LogP contribution in [0.2, 0.25) is 0 Å². The molecule has 4 nitrogen and oxygen atoms in total. The van der Waals surface area contributed by atoms with Gasteiger partial charge in [-0.25, -0.2) is 0 Å². The highest BCUT2D eigenvalue weighted by atomic mass is 79.9.